The van der Waals surface area contributed by atoms with Crippen LogP contribution in [-0.4, -0.2) is 198 Å². The third-order valence-corrected chi connectivity index (χ3v) is 12.1. The van der Waals surface area contributed by atoms with Gasteiger partial charge in [-0.2, -0.15) is 0 Å². The van der Waals surface area contributed by atoms with Gasteiger partial charge in [-0.3, -0.25) is 62.5 Å². The number of nitrogens with zero attached hydrogens (tertiary/aromatic N) is 2. The summed E-state index contributed by atoms with van der Waals surface area (Å²) in [5.41, 5.74) is 17.6. The number of phenolic OH excluding ortho intramolecular Hbond substituents is 1. The van der Waals surface area contributed by atoms with Gasteiger partial charge in [0.05, 0.1) is 38.4 Å². The Morgan fingerprint density at radius 3 is 1.64 bits per heavy atom. The lowest BCUT2D eigenvalue weighted by molar-refractivity contribution is -0.142. The molecule has 1 aromatic heterocycles. The van der Waals surface area contributed by atoms with Crippen LogP contribution in [-0.2, 0) is 81.6 Å². The molecule has 0 aliphatic heterocycles. The third kappa shape index (κ3) is 25.6. The first-order chi connectivity index (χ1) is 40.1. The van der Waals surface area contributed by atoms with Crippen LogP contribution in [0.25, 0.3) is 0 Å². The lowest BCUT2D eigenvalue weighted by Gasteiger charge is -2.27. The summed E-state index contributed by atoms with van der Waals surface area (Å²) < 4.78 is 0. The standard InChI is InChI=1S/C51H69N15O19/c1-25(59-43(77)30(52)19-40(72)73)42(76)61-32(13-14-39(70)71)46(80)63-33(16-26-6-3-2-4-7-26)47(81)62-31(8-5-15-56-51(53)54)45(79)64-34(18-28-21-55-24-58-28)48(82)65-35(20-41(74)75)49(83)66-37(23-67)44(78)57-22-38(69)60-36(50(84)85)17-27-9-11-29(68)12-10-27/h2-4,6-7,9-12,21,24-25,30-37,67-68H,5,8,13-20,22-23,52H2,1H3,(H,55,58)(H,57,78)(H,59,77)(H,60,69)(H,61,76)(H,62,81)(H,63,80)(H,64,79)(H,65,82)(H,66,83)(H,70,71)(H,72,73)(H,74,75)(H,84,85)(H4,53,54,56). The van der Waals surface area contributed by atoms with E-state index in [2.05, 4.69) is 62.8 Å². The number of rotatable bonds is 37. The molecule has 9 amide bonds. The first kappa shape index (κ1) is 69.0. The first-order valence-electron chi connectivity index (χ1n) is 25.9. The maximum absolute atomic E-state index is 14.4. The molecule has 0 bridgehead atoms. The number of phenols is 1. The molecule has 0 aliphatic rings. The van der Waals surface area contributed by atoms with Gasteiger partial charge in [-0.25, -0.2) is 9.78 Å². The lowest BCUT2D eigenvalue weighted by Crippen LogP contribution is -2.61. The topological polar surface area (TPSA) is 571 Å². The number of amides is 9. The Bertz CT molecular complexity index is 2850. The number of H-pyrrole nitrogens is 1. The molecule has 9 atom stereocenters. The molecule has 34 heteroatoms. The highest BCUT2D eigenvalue weighted by molar-refractivity contribution is 5.99. The van der Waals surface area contributed by atoms with Crippen molar-refractivity contribution in [1.29, 1.82) is 0 Å². The van der Waals surface area contributed by atoms with Gasteiger partial charge in [0.2, 0.25) is 53.2 Å². The van der Waals surface area contributed by atoms with Crippen molar-refractivity contribution in [3.05, 3.63) is 83.9 Å². The Balaban J connectivity index is 1.89. The van der Waals surface area contributed by atoms with Crippen LogP contribution in [0.5, 0.6) is 5.75 Å². The number of aromatic nitrogens is 2. The zero-order chi connectivity index (χ0) is 63.3. The Hall–Kier alpha value is -10.3. The molecule has 0 saturated heterocycles. The highest BCUT2D eigenvalue weighted by Crippen LogP contribution is 2.13. The van der Waals surface area contributed by atoms with Crippen LogP contribution in [0.1, 0.15) is 62.3 Å². The van der Waals surface area contributed by atoms with Crippen molar-refractivity contribution in [2.75, 3.05) is 19.7 Å². The Kier molecular flexibility index (Phi) is 28.3. The summed E-state index contributed by atoms with van der Waals surface area (Å²) in [5.74, 6) is -16.5. The molecule has 0 aliphatic carbocycles. The molecule has 9 unspecified atom stereocenters. The predicted molar refractivity (Wildman–Crippen MR) is 292 cm³/mol. The molecule has 3 aromatic rings. The van der Waals surface area contributed by atoms with E-state index in [1.807, 2.05) is 0 Å². The number of aromatic hydroxyl groups is 1. The lowest BCUT2D eigenvalue weighted by atomic mass is 10.0. The number of guanidine groups is 1. The first-order valence-corrected chi connectivity index (χ1v) is 25.9. The van der Waals surface area contributed by atoms with Gasteiger partial charge in [0.15, 0.2) is 5.96 Å². The van der Waals surface area contributed by atoms with Gasteiger partial charge < -0.3 is 101 Å². The molecular formula is C51H69N15O19. The summed E-state index contributed by atoms with van der Waals surface area (Å²) in [6, 6.07) is -1.69. The highest BCUT2D eigenvalue weighted by atomic mass is 16.4. The molecule has 0 radical (unpaired) electrons. The van der Waals surface area contributed by atoms with Crippen LogP contribution in [0.15, 0.2) is 72.1 Å². The highest BCUT2D eigenvalue weighted by Gasteiger charge is 2.36. The van der Waals surface area contributed by atoms with E-state index >= 15 is 0 Å². The van der Waals surface area contributed by atoms with E-state index in [1.54, 1.807) is 30.3 Å². The van der Waals surface area contributed by atoms with E-state index in [9.17, 15) is 87.9 Å². The van der Waals surface area contributed by atoms with Gasteiger partial charge in [0.25, 0.3) is 0 Å². The summed E-state index contributed by atoms with van der Waals surface area (Å²) in [6.45, 7) is -0.963. The zero-order valence-corrected chi connectivity index (χ0v) is 45.6. The second kappa shape index (κ2) is 34.9. The van der Waals surface area contributed by atoms with E-state index in [1.165, 1.54) is 43.7 Å². The number of carbonyl (C=O) groups is 13. The van der Waals surface area contributed by atoms with Crippen molar-refractivity contribution in [1.82, 2.24) is 57.8 Å². The van der Waals surface area contributed by atoms with Crippen LogP contribution in [0, 0.1) is 0 Å². The Morgan fingerprint density at radius 1 is 0.565 bits per heavy atom. The monoisotopic (exact) mass is 1200 g/mol. The number of aliphatic carboxylic acids is 4. The molecule has 0 spiro atoms. The van der Waals surface area contributed by atoms with E-state index in [4.69, 9.17) is 22.3 Å². The molecular weight excluding hydrogens is 1130 g/mol. The predicted octanol–water partition coefficient (Wildman–Crippen LogP) is -6.57. The number of carboxylic acids is 4. The van der Waals surface area contributed by atoms with Gasteiger partial charge >= 0.3 is 23.9 Å². The minimum atomic E-state index is -2.04. The normalized spacial score (nSPS) is 14.0. The van der Waals surface area contributed by atoms with Crippen molar-refractivity contribution >= 4 is 83.0 Å². The molecule has 3 rings (SSSR count). The van der Waals surface area contributed by atoms with Crippen molar-refractivity contribution in [3.63, 3.8) is 0 Å². The van der Waals surface area contributed by atoms with Crippen LogP contribution in [0.3, 0.4) is 0 Å². The average Bonchev–Trinajstić information content (AvgIpc) is 4.18. The van der Waals surface area contributed by atoms with Crippen LogP contribution in [0.2, 0.25) is 0 Å². The minimum absolute atomic E-state index is 0.0301. The number of imidazole rings is 1. The number of benzene rings is 2. The fourth-order valence-corrected chi connectivity index (χ4v) is 7.70. The second-order valence-electron chi connectivity index (χ2n) is 19.0. The number of nitrogens with one attached hydrogen (secondary N) is 10. The summed E-state index contributed by atoms with van der Waals surface area (Å²) in [6.07, 6.45) is -2.01. The average molecular weight is 1200 g/mol. The molecule has 0 saturated carbocycles. The van der Waals surface area contributed by atoms with E-state index in [0.29, 0.717) is 11.1 Å². The quantitative estimate of drug-likeness (QED) is 0.0145. The van der Waals surface area contributed by atoms with E-state index in [-0.39, 0.29) is 49.6 Å². The van der Waals surface area contributed by atoms with Crippen molar-refractivity contribution in [3.8, 4) is 5.75 Å². The molecule has 2 aromatic carbocycles. The fourth-order valence-electron chi connectivity index (χ4n) is 7.70. The Labute approximate surface area is 483 Å². The number of carboxylic acid groups (broad SMARTS) is 4. The van der Waals surface area contributed by atoms with Crippen molar-refractivity contribution < 1.29 is 93.0 Å². The fraction of sp³-hybridized carbons (Fsp3) is 0.431. The molecule has 22 N–H and O–H groups in total. The molecule has 85 heavy (non-hydrogen) atoms. The summed E-state index contributed by atoms with van der Waals surface area (Å²) >= 11 is 0. The minimum Gasteiger partial charge on any atom is -0.508 e. The number of carbonyl (C=O) groups excluding carboxylic acids is 9. The smallest absolute Gasteiger partial charge is 0.326 e. The number of hydrogen-bond donors (Lipinski definition) is 19. The van der Waals surface area contributed by atoms with Gasteiger partial charge in [0, 0.05) is 44.1 Å². The van der Waals surface area contributed by atoms with Crippen LogP contribution in [0.4, 0.5) is 0 Å². The molecule has 0 fully saturated rings. The zero-order valence-electron chi connectivity index (χ0n) is 45.6. The van der Waals surface area contributed by atoms with E-state index in [0.717, 1.165) is 0 Å². The second-order valence-corrected chi connectivity index (χ2v) is 19.0. The number of aliphatic hydroxyl groups is 1. The maximum atomic E-state index is 14.4. The summed E-state index contributed by atoms with van der Waals surface area (Å²) in [4.78, 5) is 179. The number of aliphatic imine (C=N–C) groups is 1. The van der Waals surface area contributed by atoms with Crippen LogP contribution < -0.4 is 65.1 Å². The SMILES string of the molecule is CC(NC(=O)C(N)CC(=O)O)C(=O)NC(CCC(=O)O)C(=O)NC(Cc1ccccc1)C(=O)NC(CCCN=C(N)N)C(=O)NC(Cc1cnc[nH]1)C(=O)NC(CC(=O)O)C(=O)NC(CO)C(=O)NCC(=O)NC(Cc1ccc(O)cc1)C(=O)O. The molecule has 34 nitrogen and oxygen atoms in total. The van der Waals surface area contributed by atoms with Gasteiger partial charge in [0.1, 0.15) is 54.1 Å². The van der Waals surface area contributed by atoms with Crippen LogP contribution >= 0.6 is 0 Å². The summed E-state index contributed by atoms with van der Waals surface area (Å²) in [7, 11) is 0. The number of aromatic amines is 1. The van der Waals surface area contributed by atoms with Gasteiger partial charge in [-0.05, 0) is 49.4 Å². The van der Waals surface area contributed by atoms with Gasteiger partial charge in [-0.1, -0.05) is 42.5 Å². The maximum Gasteiger partial charge on any atom is 0.326 e. The summed E-state index contributed by atoms with van der Waals surface area (Å²) in [5, 5.41) is 78.0. The number of nitrogens with two attached hydrogens (primary N) is 3. The van der Waals surface area contributed by atoms with Crippen molar-refractivity contribution in [2.24, 2.45) is 22.2 Å². The van der Waals surface area contributed by atoms with E-state index < -0.39 is 177 Å². The third-order valence-electron chi connectivity index (χ3n) is 12.1. The van der Waals surface area contributed by atoms with Crippen molar-refractivity contribution in [2.45, 2.75) is 119 Å². The Morgan fingerprint density at radius 2 is 1.08 bits per heavy atom. The van der Waals surface area contributed by atoms with Gasteiger partial charge in [-0.15, -0.1) is 0 Å². The largest absolute Gasteiger partial charge is 0.508 e. The molecule has 462 valence electrons. The number of aliphatic hydroxyl groups excluding tert-OH is 1. The number of hydrogen-bond acceptors (Lipinski definition) is 18. The molecule has 1 heterocycles.